The lowest BCUT2D eigenvalue weighted by Gasteiger charge is -2.21. The number of aromatic nitrogens is 4. The minimum Gasteiger partial charge on any atom is -0.298 e. The van der Waals surface area contributed by atoms with Gasteiger partial charge in [0, 0.05) is 32.4 Å². The number of halogens is 2. The molecule has 1 fully saturated rings. The molecule has 2 atom stereocenters. The summed E-state index contributed by atoms with van der Waals surface area (Å²) in [6.07, 6.45) is 7.42. The van der Waals surface area contributed by atoms with Crippen molar-refractivity contribution in [3.63, 3.8) is 0 Å². The molecule has 0 radical (unpaired) electrons. The van der Waals surface area contributed by atoms with Gasteiger partial charge in [-0.15, -0.1) is 0 Å². The highest BCUT2D eigenvalue weighted by atomic mass is 32.2. The first-order chi connectivity index (χ1) is 15.6. The van der Waals surface area contributed by atoms with Crippen LogP contribution in [-0.2, 0) is 21.5 Å². The number of rotatable bonds is 7. The van der Waals surface area contributed by atoms with Crippen LogP contribution >= 0.6 is 0 Å². The van der Waals surface area contributed by atoms with Crippen LogP contribution < -0.4 is 8.61 Å². The van der Waals surface area contributed by atoms with E-state index in [1.807, 2.05) is 0 Å². The first-order valence-electron chi connectivity index (χ1n) is 10.8. The molecule has 5 rings (SSSR count). The van der Waals surface area contributed by atoms with E-state index in [9.17, 15) is 22.0 Å². The number of allylic oxidation sites excluding steroid dienone is 2. The molecule has 2 aliphatic carbocycles. The highest BCUT2D eigenvalue weighted by molar-refractivity contribution is 7.94. The van der Waals surface area contributed by atoms with Gasteiger partial charge in [0.25, 0.3) is 5.92 Å². The van der Waals surface area contributed by atoms with Crippen molar-refractivity contribution in [3.05, 3.63) is 36.6 Å². The number of nitrogens with zero attached hydrogens (tertiary/aromatic N) is 6. The van der Waals surface area contributed by atoms with Crippen molar-refractivity contribution in [1.29, 1.82) is 0 Å². The summed E-state index contributed by atoms with van der Waals surface area (Å²) in [5.74, 6) is -3.17. The minimum atomic E-state index is -3.92. The van der Waals surface area contributed by atoms with E-state index >= 15 is 0 Å². The summed E-state index contributed by atoms with van der Waals surface area (Å²) in [7, 11) is -2.53. The SMILES string of the molecule is CN1c2nc(C3=CCC(CC(=O)Cn4cncn4)CC3)ccc2N(CC2CC2(F)F)S1(=O)=O. The second-order valence-corrected chi connectivity index (χ2v) is 10.8. The second kappa shape index (κ2) is 7.86. The minimum absolute atomic E-state index is 0.103. The number of anilines is 2. The van der Waals surface area contributed by atoms with Gasteiger partial charge in [0.15, 0.2) is 11.6 Å². The fraction of sp³-hybridized carbons (Fsp3) is 0.524. The van der Waals surface area contributed by atoms with Crippen LogP contribution in [0.5, 0.6) is 0 Å². The topological polar surface area (TPSA) is 101 Å². The molecule has 1 aliphatic heterocycles. The van der Waals surface area contributed by atoms with E-state index in [2.05, 4.69) is 21.1 Å². The number of carbonyl (C=O) groups is 1. The molecule has 1 saturated carbocycles. The first kappa shape index (κ1) is 21.9. The fourth-order valence-corrected chi connectivity index (χ4v) is 5.88. The van der Waals surface area contributed by atoms with Crippen molar-refractivity contribution >= 4 is 33.1 Å². The van der Waals surface area contributed by atoms with E-state index in [1.54, 1.807) is 12.1 Å². The van der Waals surface area contributed by atoms with Gasteiger partial charge in [0.05, 0.1) is 11.4 Å². The summed E-state index contributed by atoms with van der Waals surface area (Å²) in [5, 5.41) is 3.95. The predicted molar refractivity (Wildman–Crippen MR) is 117 cm³/mol. The Morgan fingerprint density at radius 3 is 2.73 bits per heavy atom. The molecule has 2 aromatic rings. The Hall–Kier alpha value is -2.89. The molecule has 0 amide bonds. The third-order valence-electron chi connectivity index (χ3n) is 6.56. The van der Waals surface area contributed by atoms with Crippen molar-refractivity contribution in [1.82, 2.24) is 19.7 Å². The van der Waals surface area contributed by atoms with Gasteiger partial charge in [-0.3, -0.25) is 4.79 Å². The largest absolute Gasteiger partial charge is 0.327 e. The van der Waals surface area contributed by atoms with E-state index in [-0.39, 0.29) is 37.0 Å². The average Bonchev–Trinajstić information content (AvgIpc) is 3.08. The maximum Gasteiger partial charge on any atom is 0.327 e. The first-order valence-corrected chi connectivity index (χ1v) is 12.2. The molecule has 0 saturated heterocycles. The van der Waals surface area contributed by atoms with Crippen molar-refractivity contribution in [2.24, 2.45) is 11.8 Å². The van der Waals surface area contributed by atoms with E-state index < -0.39 is 22.0 Å². The summed E-state index contributed by atoms with van der Waals surface area (Å²) in [4.78, 5) is 20.7. The third-order valence-corrected chi connectivity index (χ3v) is 8.33. The van der Waals surface area contributed by atoms with Crippen molar-refractivity contribution in [2.45, 2.75) is 44.6 Å². The number of hydrogen-bond donors (Lipinski definition) is 0. The molecule has 0 spiro atoms. The molecule has 176 valence electrons. The van der Waals surface area contributed by atoms with Gasteiger partial charge in [0.1, 0.15) is 19.2 Å². The normalized spacial score (nSPS) is 25.0. The van der Waals surface area contributed by atoms with Crippen LogP contribution in [-0.4, -0.2) is 53.5 Å². The highest BCUT2D eigenvalue weighted by Crippen LogP contribution is 2.51. The van der Waals surface area contributed by atoms with Crippen LogP contribution in [0, 0.1) is 11.8 Å². The Labute approximate surface area is 190 Å². The summed E-state index contributed by atoms with van der Waals surface area (Å²) in [5.41, 5.74) is 1.99. The number of Topliss-reactive ketones (excluding diaryl/α,β-unsaturated/α-hetero) is 1. The lowest BCUT2D eigenvalue weighted by Crippen LogP contribution is -2.37. The molecule has 0 bridgehead atoms. The maximum atomic E-state index is 13.4. The van der Waals surface area contributed by atoms with Gasteiger partial charge < -0.3 is 0 Å². The van der Waals surface area contributed by atoms with E-state index in [0.29, 0.717) is 17.8 Å². The summed E-state index contributed by atoms with van der Waals surface area (Å²) in [6, 6.07) is 3.39. The van der Waals surface area contributed by atoms with Crippen LogP contribution in [0.4, 0.5) is 20.3 Å². The van der Waals surface area contributed by atoms with Crippen LogP contribution in [0.2, 0.25) is 0 Å². The van der Waals surface area contributed by atoms with Crippen molar-refractivity contribution in [2.75, 3.05) is 22.2 Å². The molecule has 0 aromatic carbocycles. The van der Waals surface area contributed by atoms with E-state index in [1.165, 1.54) is 24.4 Å². The number of ketones is 1. The predicted octanol–water partition coefficient (Wildman–Crippen LogP) is 2.67. The van der Waals surface area contributed by atoms with Crippen LogP contribution in [0.15, 0.2) is 30.9 Å². The molecular weight excluding hydrogens is 454 g/mol. The smallest absolute Gasteiger partial charge is 0.298 e. The van der Waals surface area contributed by atoms with E-state index in [4.69, 9.17) is 0 Å². The molecule has 2 unspecified atom stereocenters. The Bertz CT molecular complexity index is 1210. The van der Waals surface area contributed by atoms with Crippen LogP contribution in [0.3, 0.4) is 0 Å². The number of hydrogen-bond acceptors (Lipinski definition) is 6. The molecule has 3 aliphatic rings. The van der Waals surface area contributed by atoms with Gasteiger partial charge in [-0.25, -0.2) is 32.0 Å². The molecule has 2 aromatic heterocycles. The zero-order chi connectivity index (χ0) is 23.4. The van der Waals surface area contributed by atoms with Gasteiger partial charge in [0.2, 0.25) is 0 Å². The Balaban J connectivity index is 1.28. The number of pyridine rings is 1. The second-order valence-electron chi connectivity index (χ2n) is 8.91. The third kappa shape index (κ3) is 4.11. The highest BCUT2D eigenvalue weighted by Gasteiger charge is 2.59. The van der Waals surface area contributed by atoms with Crippen LogP contribution in [0.1, 0.15) is 37.8 Å². The Kier molecular flexibility index (Phi) is 5.22. The van der Waals surface area contributed by atoms with E-state index in [0.717, 1.165) is 33.4 Å². The number of fused-ring (bicyclic) bond motifs is 1. The standard InChI is InChI=1S/C21H24F2N6O3S/c1-27-20-19(29(33(27,31)32)10-16-9-21(16,22)23)7-6-18(26-20)15-4-2-14(3-5-15)8-17(30)11-28-13-24-12-25-28/h4,6-7,12-14,16H,2-3,5,8-11H2,1H3. The van der Waals surface area contributed by atoms with Gasteiger partial charge >= 0.3 is 10.2 Å². The Morgan fingerprint density at radius 1 is 1.30 bits per heavy atom. The van der Waals surface area contributed by atoms with Gasteiger partial charge in [-0.05, 0) is 42.9 Å². The average molecular weight is 479 g/mol. The molecular formula is C21H24F2N6O3S. The zero-order valence-electron chi connectivity index (χ0n) is 18.1. The summed E-state index contributed by atoms with van der Waals surface area (Å²) < 4.78 is 56.0. The number of carbonyl (C=O) groups excluding carboxylic acids is 1. The summed E-state index contributed by atoms with van der Waals surface area (Å²) in [6.45, 7) is -0.0375. The quantitative estimate of drug-likeness (QED) is 0.607. The molecule has 3 heterocycles. The molecule has 33 heavy (non-hydrogen) atoms. The lowest BCUT2D eigenvalue weighted by atomic mass is 9.85. The monoisotopic (exact) mass is 478 g/mol. The molecule has 12 heteroatoms. The Morgan fingerprint density at radius 2 is 2.09 bits per heavy atom. The maximum absolute atomic E-state index is 13.4. The van der Waals surface area contributed by atoms with Gasteiger partial charge in [-0.2, -0.15) is 13.5 Å². The fourth-order valence-electron chi connectivity index (χ4n) is 4.48. The summed E-state index contributed by atoms with van der Waals surface area (Å²) >= 11 is 0. The number of alkyl halides is 2. The molecule has 0 N–H and O–H groups in total. The van der Waals surface area contributed by atoms with Crippen LogP contribution in [0.25, 0.3) is 5.57 Å². The zero-order valence-corrected chi connectivity index (χ0v) is 18.9. The molecule has 9 nitrogen and oxygen atoms in total. The van der Waals surface area contributed by atoms with Crippen molar-refractivity contribution in [3.8, 4) is 0 Å². The van der Waals surface area contributed by atoms with Gasteiger partial charge in [-0.1, -0.05) is 6.08 Å². The van der Waals surface area contributed by atoms with Crippen molar-refractivity contribution < 1.29 is 22.0 Å². The lowest BCUT2D eigenvalue weighted by molar-refractivity contribution is -0.120.